The van der Waals surface area contributed by atoms with Crippen molar-refractivity contribution >= 4 is 39.7 Å². The van der Waals surface area contributed by atoms with Crippen molar-refractivity contribution in [2.75, 3.05) is 24.7 Å². The first kappa shape index (κ1) is 17.5. The van der Waals surface area contributed by atoms with Gasteiger partial charge in [-0.05, 0) is 13.0 Å². The van der Waals surface area contributed by atoms with Gasteiger partial charge < -0.3 is 20.7 Å². The van der Waals surface area contributed by atoms with Crippen molar-refractivity contribution in [3.05, 3.63) is 35.4 Å². The topological polar surface area (TPSA) is 158 Å². The van der Waals surface area contributed by atoms with Crippen LogP contribution in [0.2, 0.25) is 0 Å². The highest BCUT2D eigenvalue weighted by Crippen LogP contribution is 2.35. The van der Waals surface area contributed by atoms with E-state index in [1.165, 1.54) is 30.7 Å². The summed E-state index contributed by atoms with van der Waals surface area (Å²) in [4.78, 5) is 21.2. The van der Waals surface area contributed by atoms with Crippen molar-refractivity contribution in [1.29, 1.82) is 0 Å². The number of carbonyl (C=O) groups excluding carboxylic acids is 1. The molecule has 0 unspecified atom stereocenters. The number of aromatic nitrogens is 8. The van der Waals surface area contributed by atoms with Crippen molar-refractivity contribution < 1.29 is 13.6 Å². The van der Waals surface area contributed by atoms with E-state index in [0.29, 0.717) is 22.3 Å². The minimum atomic E-state index is -2.72. The molecule has 0 atom stereocenters. The maximum Gasteiger partial charge on any atom is 0.273 e. The summed E-state index contributed by atoms with van der Waals surface area (Å²) >= 11 is 1.30. The molecule has 0 saturated heterocycles. The van der Waals surface area contributed by atoms with Crippen molar-refractivity contribution in [2.24, 2.45) is 7.05 Å². The molecule has 1 amide bonds. The first-order chi connectivity index (χ1) is 16.6. The number of hydrogen-bond donors (Lipinski definition) is 3. The molecule has 0 spiro atoms. The van der Waals surface area contributed by atoms with Crippen LogP contribution in [-0.4, -0.2) is 60.1 Å². The van der Waals surface area contributed by atoms with E-state index in [2.05, 4.69) is 46.1 Å². The molecule has 13 nitrogen and oxygen atoms in total. The minimum Gasteiger partial charge on any atom is -0.492 e. The summed E-state index contributed by atoms with van der Waals surface area (Å²) in [5.41, 5.74) is 0.386. The molecule has 4 aromatic rings. The molecule has 0 fully saturated rings. The second-order valence-electron chi connectivity index (χ2n) is 6.30. The molecule has 0 bridgehead atoms. The zero-order chi connectivity index (χ0) is 25.2. The van der Waals surface area contributed by atoms with E-state index in [1.807, 2.05) is 5.32 Å². The molecule has 4 heterocycles. The lowest BCUT2D eigenvalue weighted by molar-refractivity contribution is 0.0958. The summed E-state index contributed by atoms with van der Waals surface area (Å²) in [5, 5.41) is 29.1. The summed E-state index contributed by atoms with van der Waals surface area (Å²) in [6, 6.07) is 3.14. The highest BCUT2D eigenvalue weighted by molar-refractivity contribution is 7.15. The first-order valence-corrected chi connectivity index (χ1v) is 9.88. The van der Waals surface area contributed by atoms with Gasteiger partial charge >= 0.3 is 0 Å². The maximum atomic E-state index is 12.7. The van der Waals surface area contributed by atoms with E-state index in [9.17, 15) is 4.79 Å². The van der Waals surface area contributed by atoms with E-state index < -0.39 is 12.9 Å². The Balaban J connectivity index is 1.75. The summed E-state index contributed by atoms with van der Waals surface area (Å²) in [5.74, 6) is 0.186. The molecular weight excluding hydrogens is 434 g/mol. The van der Waals surface area contributed by atoms with E-state index >= 15 is 0 Å². The van der Waals surface area contributed by atoms with Crippen LogP contribution < -0.4 is 20.7 Å². The molecule has 0 aliphatic carbocycles. The Morgan fingerprint density at radius 3 is 2.78 bits per heavy atom. The number of nitrogens with zero attached hydrogens (tertiary/aromatic N) is 8. The molecule has 164 valence electrons. The quantitative estimate of drug-likeness (QED) is 0.371. The van der Waals surface area contributed by atoms with Crippen molar-refractivity contribution in [1.82, 2.24) is 45.5 Å². The number of carbonyl (C=O) groups is 1. The fraction of sp³-hybridized carbons (Fsp3) is 0.222. The van der Waals surface area contributed by atoms with Gasteiger partial charge in [0.25, 0.3) is 5.91 Å². The van der Waals surface area contributed by atoms with Gasteiger partial charge in [-0.1, -0.05) is 11.3 Å². The second kappa shape index (κ2) is 8.89. The first-order valence-electron chi connectivity index (χ1n) is 10.6. The molecule has 0 aliphatic rings. The van der Waals surface area contributed by atoms with Gasteiger partial charge in [-0.2, -0.15) is 5.10 Å². The van der Waals surface area contributed by atoms with E-state index in [1.54, 1.807) is 31.0 Å². The number of rotatable bonds is 7. The number of amides is 1. The van der Waals surface area contributed by atoms with Crippen molar-refractivity contribution in [3.8, 4) is 17.1 Å². The average molecular weight is 457 g/mol. The van der Waals surface area contributed by atoms with Crippen LogP contribution in [0, 0.1) is 6.92 Å². The van der Waals surface area contributed by atoms with E-state index in [-0.39, 0.29) is 23.0 Å². The summed E-state index contributed by atoms with van der Waals surface area (Å²) in [6.07, 6.45) is 3.05. The number of nitrogens with one attached hydrogen (secondary N) is 3. The van der Waals surface area contributed by atoms with Gasteiger partial charge in [0.05, 0.1) is 18.4 Å². The molecular formula is C18H19N11O2S. The number of hydrogen-bond acceptors (Lipinski definition) is 12. The van der Waals surface area contributed by atoms with Gasteiger partial charge in [-0.3, -0.25) is 9.48 Å². The minimum absolute atomic E-state index is 0.113. The third-order valence-corrected chi connectivity index (χ3v) is 4.84. The molecule has 0 aromatic carbocycles. The van der Waals surface area contributed by atoms with Gasteiger partial charge in [0.1, 0.15) is 11.3 Å². The highest BCUT2D eigenvalue weighted by Gasteiger charge is 2.20. The van der Waals surface area contributed by atoms with Gasteiger partial charge in [0.15, 0.2) is 28.9 Å². The largest absolute Gasteiger partial charge is 0.492 e. The fourth-order valence-corrected chi connectivity index (χ4v) is 3.34. The molecule has 4 aromatic heterocycles. The molecule has 14 heteroatoms. The molecule has 0 aliphatic heterocycles. The SMILES string of the molecule is [2H]C([2H])([2H])NC(=O)c1nnc(Nc2nnc(C)s2)cc1Nc1nccc(-c2ncn(C)n2)c1OC. The number of ether oxygens (including phenoxy) is 1. The third-order valence-electron chi connectivity index (χ3n) is 4.09. The lowest BCUT2D eigenvalue weighted by Gasteiger charge is -2.15. The maximum absolute atomic E-state index is 12.7. The second-order valence-corrected chi connectivity index (χ2v) is 7.49. The van der Waals surface area contributed by atoms with Crippen LogP contribution in [0.5, 0.6) is 5.75 Å². The predicted octanol–water partition coefficient (Wildman–Crippen LogP) is 1.68. The van der Waals surface area contributed by atoms with Crippen molar-refractivity contribution in [2.45, 2.75) is 6.92 Å². The summed E-state index contributed by atoms with van der Waals surface area (Å²) in [6.45, 7) is -0.928. The zero-order valence-corrected chi connectivity index (χ0v) is 17.9. The Bertz CT molecular complexity index is 1370. The van der Waals surface area contributed by atoms with Crippen LogP contribution in [-0.2, 0) is 7.05 Å². The summed E-state index contributed by atoms with van der Waals surface area (Å²) < 4.78 is 29.1. The fourth-order valence-electron chi connectivity index (χ4n) is 2.74. The van der Waals surface area contributed by atoms with Crippen LogP contribution in [0.4, 0.5) is 22.5 Å². The Labute approximate surface area is 190 Å². The van der Waals surface area contributed by atoms with Gasteiger partial charge in [-0.25, -0.2) is 9.97 Å². The normalized spacial score (nSPS) is 12.4. The highest BCUT2D eigenvalue weighted by atomic mass is 32.1. The molecule has 0 saturated carbocycles. The summed E-state index contributed by atoms with van der Waals surface area (Å²) in [7, 11) is 3.18. The third kappa shape index (κ3) is 4.29. The van der Waals surface area contributed by atoms with Crippen LogP contribution in [0.25, 0.3) is 11.4 Å². The van der Waals surface area contributed by atoms with Gasteiger partial charge in [-0.15, -0.1) is 20.4 Å². The van der Waals surface area contributed by atoms with E-state index in [4.69, 9.17) is 8.85 Å². The van der Waals surface area contributed by atoms with Crippen LogP contribution in [0.1, 0.15) is 19.6 Å². The predicted molar refractivity (Wildman–Crippen MR) is 117 cm³/mol. The monoisotopic (exact) mass is 456 g/mol. The standard InChI is InChI=1S/C18H19N11O2S/c1-9-24-27-18(32-9)23-12-7-11(13(26-25-12)17(30)19-2)22-16-14(31-4)10(5-6-20-16)15-21-8-29(3)28-15/h5-8H,1-4H3,(H,19,30)(H2,20,22,23,25,27)/i2D3. The van der Waals surface area contributed by atoms with Crippen LogP contribution in [0.15, 0.2) is 24.7 Å². The van der Waals surface area contributed by atoms with Gasteiger partial charge in [0.2, 0.25) is 5.13 Å². The molecule has 4 rings (SSSR count). The van der Waals surface area contributed by atoms with E-state index in [0.717, 1.165) is 5.01 Å². The molecule has 0 radical (unpaired) electrons. The number of pyridine rings is 1. The van der Waals surface area contributed by atoms with Gasteiger partial charge in [0, 0.05) is 30.4 Å². The Kier molecular flexibility index (Phi) is 4.85. The average Bonchev–Trinajstić information content (AvgIpc) is 3.40. The van der Waals surface area contributed by atoms with Crippen LogP contribution >= 0.6 is 11.3 Å². The number of anilines is 4. The number of methoxy groups -OCH3 is 1. The number of aryl methyl sites for hydroxylation is 2. The lowest BCUT2D eigenvalue weighted by atomic mass is 10.2. The Hall–Kier alpha value is -4.20. The Morgan fingerprint density at radius 2 is 2.09 bits per heavy atom. The van der Waals surface area contributed by atoms with Crippen LogP contribution in [0.3, 0.4) is 0 Å². The zero-order valence-electron chi connectivity index (χ0n) is 20.1. The smallest absolute Gasteiger partial charge is 0.273 e. The molecule has 32 heavy (non-hydrogen) atoms. The molecule has 3 N–H and O–H groups in total. The lowest BCUT2D eigenvalue weighted by Crippen LogP contribution is -2.21. The van der Waals surface area contributed by atoms with Crippen molar-refractivity contribution in [3.63, 3.8) is 0 Å². The Morgan fingerprint density at radius 1 is 1.22 bits per heavy atom.